The zero-order valence-corrected chi connectivity index (χ0v) is 12.1. The summed E-state index contributed by atoms with van der Waals surface area (Å²) < 4.78 is 13.9. The average molecular weight is 278 g/mol. The van der Waals surface area contributed by atoms with Crippen molar-refractivity contribution in [1.82, 2.24) is 10.3 Å². The number of aromatic nitrogens is 1. The number of hydrogen-bond acceptors (Lipinski definition) is 3. The second-order valence-corrected chi connectivity index (χ2v) is 5.56. The quantitative estimate of drug-likeness (QED) is 0.874. The lowest BCUT2D eigenvalue weighted by Gasteiger charge is -2.17. The van der Waals surface area contributed by atoms with Crippen molar-refractivity contribution >= 4 is 11.3 Å². The van der Waals surface area contributed by atoms with E-state index in [-0.39, 0.29) is 11.7 Å². The zero-order valence-electron chi connectivity index (χ0n) is 11.3. The maximum atomic E-state index is 13.9. The number of likely N-dealkylation sites (N-methyl/N-ethyl adjacent to an activating group) is 1. The molecule has 1 atom stereocenters. The maximum Gasteiger partial charge on any atom is 0.126 e. The van der Waals surface area contributed by atoms with E-state index in [0.717, 1.165) is 35.8 Å². The number of hydrogen-bond donors (Lipinski definition) is 1. The topological polar surface area (TPSA) is 24.9 Å². The van der Waals surface area contributed by atoms with Crippen LogP contribution in [0.25, 0.3) is 0 Å². The molecule has 102 valence electrons. The molecule has 0 aliphatic heterocycles. The van der Waals surface area contributed by atoms with Gasteiger partial charge in [-0.1, -0.05) is 25.1 Å². The van der Waals surface area contributed by atoms with Gasteiger partial charge in [-0.15, -0.1) is 11.3 Å². The van der Waals surface area contributed by atoms with E-state index in [1.807, 2.05) is 24.4 Å². The van der Waals surface area contributed by atoms with E-state index in [0.29, 0.717) is 0 Å². The lowest BCUT2D eigenvalue weighted by molar-refractivity contribution is 0.544. The Hall–Kier alpha value is -1.26. The minimum Gasteiger partial charge on any atom is -0.316 e. The molecular formula is C15H19FN2S. The first-order valence-corrected chi connectivity index (χ1v) is 7.44. The molecule has 0 spiro atoms. The van der Waals surface area contributed by atoms with Crippen LogP contribution in [0, 0.1) is 12.7 Å². The van der Waals surface area contributed by atoms with Gasteiger partial charge in [-0.3, -0.25) is 0 Å². The fourth-order valence-electron chi connectivity index (χ4n) is 2.12. The smallest absolute Gasteiger partial charge is 0.126 e. The molecule has 0 saturated heterocycles. The Kier molecular flexibility index (Phi) is 5.05. The first-order chi connectivity index (χ1) is 9.20. The van der Waals surface area contributed by atoms with Crippen LogP contribution in [-0.2, 0) is 6.42 Å². The highest BCUT2D eigenvalue weighted by molar-refractivity contribution is 7.09. The number of nitrogens with one attached hydrogen (secondary N) is 1. The Morgan fingerprint density at radius 1 is 1.37 bits per heavy atom. The van der Waals surface area contributed by atoms with Gasteiger partial charge in [-0.05, 0) is 25.1 Å². The van der Waals surface area contributed by atoms with Gasteiger partial charge in [-0.25, -0.2) is 9.37 Å². The molecule has 1 N–H and O–H groups in total. The second kappa shape index (κ2) is 6.78. The molecule has 2 rings (SSSR count). The third-order valence-corrected chi connectivity index (χ3v) is 4.06. The van der Waals surface area contributed by atoms with Crippen LogP contribution in [0.4, 0.5) is 4.39 Å². The molecule has 1 aromatic carbocycles. The highest BCUT2D eigenvalue weighted by Crippen LogP contribution is 2.24. The number of benzene rings is 1. The van der Waals surface area contributed by atoms with Crippen LogP contribution >= 0.6 is 11.3 Å². The number of rotatable bonds is 6. The monoisotopic (exact) mass is 278 g/mol. The number of aryl methyl sites for hydroxylation is 1. The molecule has 1 heterocycles. The summed E-state index contributed by atoms with van der Waals surface area (Å²) in [6.45, 7) is 5.71. The first-order valence-electron chi connectivity index (χ1n) is 6.56. The molecule has 0 amide bonds. The molecule has 19 heavy (non-hydrogen) atoms. The SMILES string of the molecule is CCNCC(Cc1nc(C)cs1)c1ccccc1F. The van der Waals surface area contributed by atoms with Gasteiger partial charge in [0.2, 0.25) is 0 Å². The molecule has 4 heteroatoms. The molecule has 0 radical (unpaired) electrons. The van der Waals surface area contributed by atoms with Crippen molar-refractivity contribution in [3.05, 3.63) is 51.7 Å². The van der Waals surface area contributed by atoms with Crippen LogP contribution in [0.3, 0.4) is 0 Å². The van der Waals surface area contributed by atoms with E-state index in [4.69, 9.17) is 0 Å². The van der Waals surface area contributed by atoms with Gasteiger partial charge in [0, 0.05) is 30.0 Å². The van der Waals surface area contributed by atoms with Gasteiger partial charge in [0.25, 0.3) is 0 Å². The van der Waals surface area contributed by atoms with E-state index in [2.05, 4.69) is 17.2 Å². The summed E-state index contributed by atoms with van der Waals surface area (Å²) in [5.74, 6) is 0.00498. The Morgan fingerprint density at radius 3 is 2.79 bits per heavy atom. The molecular weight excluding hydrogens is 259 g/mol. The first kappa shape index (κ1) is 14.2. The van der Waals surface area contributed by atoms with Crippen LogP contribution in [-0.4, -0.2) is 18.1 Å². The Morgan fingerprint density at radius 2 is 2.16 bits per heavy atom. The number of nitrogens with zero attached hydrogens (tertiary/aromatic N) is 1. The molecule has 0 aliphatic rings. The maximum absolute atomic E-state index is 13.9. The fraction of sp³-hybridized carbons (Fsp3) is 0.400. The largest absolute Gasteiger partial charge is 0.316 e. The third-order valence-electron chi connectivity index (χ3n) is 3.07. The van der Waals surface area contributed by atoms with Crippen LogP contribution in [0.1, 0.15) is 29.1 Å². The van der Waals surface area contributed by atoms with Crippen molar-refractivity contribution < 1.29 is 4.39 Å². The number of halogens is 1. The van der Waals surface area contributed by atoms with Gasteiger partial charge in [0.05, 0.1) is 5.01 Å². The molecule has 0 aliphatic carbocycles. The molecule has 0 fully saturated rings. The predicted molar refractivity (Wildman–Crippen MR) is 78.2 cm³/mol. The molecule has 0 saturated carbocycles. The minimum atomic E-state index is -0.126. The van der Waals surface area contributed by atoms with Crippen LogP contribution in [0.2, 0.25) is 0 Å². The van der Waals surface area contributed by atoms with E-state index < -0.39 is 0 Å². The van der Waals surface area contributed by atoms with Gasteiger partial charge in [-0.2, -0.15) is 0 Å². The van der Waals surface area contributed by atoms with Crippen molar-refractivity contribution in [3.63, 3.8) is 0 Å². The highest BCUT2D eigenvalue weighted by atomic mass is 32.1. The molecule has 2 nitrogen and oxygen atoms in total. The van der Waals surface area contributed by atoms with Crippen molar-refractivity contribution in [2.45, 2.75) is 26.2 Å². The van der Waals surface area contributed by atoms with Gasteiger partial charge in [0.15, 0.2) is 0 Å². The minimum absolute atomic E-state index is 0.126. The summed E-state index contributed by atoms with van der Waals surface area (Å²) >= 11 is 1.65. The van der Waals surface area contributed by atoms with Crippen molar-refractivity contribution in [2.24, 2.45) is 0 Å². The summed E-state index contributed by atoms with van der Waals surface area (Å²) in [4.78, 5) is 4.48. The van der Waals surface area contributed by atoms with Gasteiger partial charge in [0.1, 0.15) is 5.82 Å². The molecule has 1 unspecified atom stereocenters. The van der Waals surface area contributed by atoms with E-state index in [9.17, 15) is 4.39 Å². The normalized spacial score (nSPS) is 12.6. The summed E-state index contributed by atoms with van der Waals surface area (Å²) in [5.41, 5.74) is 1.81. The summed E-state index contributed by atoms with van der Waals surface area (Å²) in [6, 6.07) is 7.03. The van der Waals surface area contributed by atoms with E-state index >= 15 is 0 Å². The van der Waals surface area contributed by atoms with E-state index in [1.54, 1.807) is 17.4 Å². The Bertz CT molecular complexity index is 524. The van der Waals surface area contributed by atoms with Crippen molar-refractivity contribution in [1.29, 1.82) is 0 Å². The fourth-order valence-corrected chi connectivity index (χ4v) is 2.98. The van der Waals surface area contributed by atoms with Crippen molar-refractivity contribution in [2.75, 3.05) is 13.1 Å². The summed E-state index contributed by atoms with van der Waals surface area (Å²) in [5, 5.41) is 6.43. The lowest BCUT2D eigenvalue weighted by atomic mass is 9.95. The Balaban J connectivity index is 2.18. The lowest BCUT2D eigenvalue weighted by Crippen LogP contribution is -2.23. The second-order valence-electron chi connectivity index (χ2n) is 4.61. The zero-order chi connectivity index (χ0) is 13.7. The number of thiazole rings is 1. The van der Waals surface area contributed by atoms with Gasteiger partial charge < -0.3 is 5.32 Å². The third kappa shape index (κ3) is 3.85. The van der Waals surface area contributed by atoms with Crippen molar-refractivity contribution in [3.8, 4) is 0 Å². The standard InChI is InChI=1S/C15H19FN2S/c1-3-17-9-12(8-15-18-11(2)10-19-15)13-6-4-5-7-14(13)16/h4-7,10,12,17H,3,8-9H2,1-2H3. The van der Waals surface area contributed by atoms with Crippen LogP contribution in [0.15, 0.2) is 29.6 Å². The highest BCUT2D eigenvalue weighted by Gasteiger charge is 2.17. The molecule has 1 aromatic heterocycles. The predicted octanol–water partition coefficient (Wildman–Crippen LogP) is 3.53. The summed E-state index contributed by atoms with van der Waals surface area (Å²) in [6.07, 6.45) is 0.784. The Labute approximate surface area is 117 Å². The molecule has 0 bridgehead atoms. The van der Waals surface area contributed by atoms with Crippen LogP contribution in [0.5, 0.6) is 0 Å². The van der Waals surface area contributed by atoms with E-state index in [1.165, 1.54) is 6.07 Å². The molecule has 2 aromatic rings. The van der Waals surface area contributed by atoms with Crippen LogP contribution < -0.4 is 5.32 Å². The van der Waals surface area contributed by atoms with Gasteiger partial charge >= 0.3 is 0 Å². The summed E-state index contributed by atoms with van der Waals surface area (Å²) in [7, 11) is 0. The average Bonchev–Trinajstić information content (AvgIpc) is 2.81.